The molecule has 0 spiro atoms. The van der Waals surface area contributed by atoms with Crippen LogP contribution in [-0.4, -0.2) is 69.3 Å². The molecule has 33 heavy (non-hydrogen) atoms. The molecular weight excluding hydrogens is 473 g/mol. The highest BCUT2D eigenvalue weighted by Crippen LogP contribution is 2.27. The number of sulfonamides is 1. The van der Waals surface area contributed by atoms with Gasteiger partial charge in [-0.1, -0.05) is 23.7 Å². The van der Waals surface area contributed by atoms with Crippen molar-refractivity contribution in [2.75, 3.05) is 33.8 Å². The fourth-order valence-electron chi connectivity index (χ4n) is 3.49. The molecule has 0 saturated carbocycles. The van der Waals surface area contributed by atoms with Crippen LogP contribution in [0, 0.1) is 5.82 Å². The molecule has 1 atom stereocenters. The van der Waals surface area contributed by atoms with Crippen molar-refractivity contribution < 1.29 is 27.1 Å². The van der Waals surface area contributed by atoms with E-state index >= 15 is 0 Å². The van der Waals surface area contributed by atoms with E-state index in [0.717, 1.165) is 4.31 Å². The lowest BCUT2D eigenvalue weighted by Crippen LogP contribution is -2.46. The van der Waals surface area contributed by atoms with Gasteiger partial charge < -0.3 is 15.0 Å². The number of halogens is 2. The van der Waals surface area contributed by atoms with Gasteiger partial charge in [-0.25, -0.2) is 17.1 Å². The summed E-state index contributed by atoms with van der Waals surface area (Å²) in [5.41, 5.74) is 0.0159. The molecule has 3 rings (SSSR count). The van der Waals surface area contributed by atoms with E-state index in [0.29, 0.717) is 19.4 Å². The van der Waals surface area contributed by atoms with Gasteiger partial charge in [-0.2, -0.15) is 0 Å². The number of likely N-dealkylation sites (tertiary alicyclic amines) is 1. The zero-order valence-electron chi connectivity index (χ0n) is 18.3. The number of para-hydroxylation sites is 1. The Morgan fingerprint density at radius 1 is 1.24 bits per heavy atom. The Morgan fingerprint density at radius 3 is 2.67 bits per heavy atom. The number of nitrogens with one attached hydrogen (secondary N) is 1. The molecule has 178 valence electrons. The van der Waals surface area contributed by atoms with Crippen molar-refractivity contribution in [1.29, 1.82) is 0 Å². The SMILES string of the molecule is CN(C)S(=O)(=O)c1ccc(Cl)c(C(=O)N2CCCC2C(=O)NCCOc2ccccc2F)c1. The normalized spacial score (nSPS) is 16.2. The summed E-state index contributed by atoms with van der Waals surface area (Å²) in [5.74, 6) is -1.29. The van der Waals surface area contributed by atoms with E-state index < -0.39 is 27.8 Å². The molecule has 0 bridgehead atoms. The largest absolute Gasteiger partial charge is 0.489 e. The predicted molar refractivity (Wildman–Crippen MR) is 121 cm³/mol. The number of hydrogen-bond acceptors (Lipinski definition) is 5. The van der Waals surface area contributed by atoms with Gasteiger partial charge in [-0.05, 0) is 43.2 Å². The molecular formula is C22H25ClFN3O5S. The summed E-state index contributed by atoms with van der Waals surface area (Å²) in [6, 6.07) is 9.15. The summed E-state index contributed by atoms with van der Waals surface area (Å²) in [6.45, 7) is 0.524. The number of carbonyl (C=O) groups excluding carboxylic acids is 2. The topological polar surface area (TPSA) is 96.0 Å². The fourth-order valence-corrected chi connectivity index (χ4v) is 4.62. The summed E-state index contributed by atoms with van der Waals surface area (Å²) >= 11 is 6.20. The zero-order chi connectivity index (χ0) is 24.2. The minimum atomic E-state index is -3.76. The monoisotopic (exact) mass is 497 g/mol. The Morgan fingerprint density at radius 2 is 1.97 bits per heavy atom. The van der Waals surface area contributed by atoms with Gasteiger partial charge in [0.25, 0.3) is 5.91 Å². The number of benzene rings is 2. The van der Waals surface area contributed by atoms with Crippen molar-refractivity contribution in [2.24, 2.45) is 0 Å². The van der Waals surface area contributed by atoms with Crippen LogP contribution < -0.4 is 10.1 Å². The van der Waals surface area contributed by atoms with Crippen molar-refractivity contribution in [3.05, 3.63) is 58.9 Å². The highest BCUT2D eigenvalue weighted by Gasteiger charge is 2.35. The molecule has 0 radical (unpaired) electrons. The second-order valence-electron chi connectivity index (χ2n) is 7.66. The lowest BCUT2D eigenvalue weighted by Gasteiger charge is -2.25. The number of hydrogen-bond donors (Lipinski definition) is 1. The van der Waals surface area contributed by atoms with Gasteiger partial charge in [-0.3, -0.25) is 9.59 Å². The van der Waals surface area contributed by atoms with Gasteiger partial charge in [0.05, 0.1) is 22.0 Å². The molecule has 1 aliphatic heterocycles. The molecule has 1 saturated heterocycles. The molecule has 2 aromatic rings. The van der Waals surface area contributed by atoms with E-state index in [2.05, 4.69) is 5.32 Å². The van der Waals surface area contributed by atoms with Gasteiger partial charge in [-0.15, -0.1) is 0 Å². The quantitative estimate of drug-likeness (QED) is 0.565. The van der Waals surface area contributed by atoms with E-state index in [1.54, 1.807) is 12.1 Å². The predicted octanol–water partition coefficient (Wildman–Crippen LogP) is 2.53. The van der Waals surface area contributed by atoms with Crippen molar-refractivity contribution in [3.63, 3.8) is 0 Å². The lowest BCUT2D eigenvalue weighted by atomic mass is 10.1. The van der Waals surface area contributed by atoms with Crippen LogP contribution in [0.2, 0.25) is 5.02 Å². The molecule has 1 aliphatic rings. The second-order valence-corrected chi connectivity index (χ2v) is 10.2. The maximum absolute atomic E-state index is 13.6. The lowest BCUT2D eigenvalue weighted by molar-refractivity contribution is -0.124. The van der Waals surface area contributed by atoms with E-state index in [-0.39, 0.29) is 40.3 Å². The number of nitrogens with zero attached hydrogens (tertiary/aromatic N) is 2. The summed E-state index contributed by atoms with van der Waals surface area (Å²) in [4.78, 5) is 27.2. The maximum atomic E-state index is 13.6. The molecule has 2 aromatic carbocycles. The van der Waals surface area contributed by atoms with Crippen molar-refractivity contribution in [2.45, 2.75) is 23.8 Å². The highest BCUT2D eigenvalue weighted by molar-refractivity contribution is 7.89. The first-order valence-electron chi connectivity index (χ1n) is 10.3. The average Bonchev–Trinajstić information content (AvgIpc) is 3.27. The van der Waals surface area contributed by atoms with Crippen molar-refractivity contribution >= 4 is 33.4 Å². The third-order valence-corrected chi connectivity index (χ3v) is 7.40. The highest BCUT2D eigenvalue weighted by atomic mass is 35.5. The van der Waals surface area contributed by atoms with Crippen LogP contribution >= 0.6 is 11.6 Å². The first kappa shape index (κ1) is 24.9. The smallest absolute Gasteiger partial charge is 0.256 e. The summed E-state index contributed by atoms with van der Waals surface area (Å²) < 4.78 is 44.8. The molecule has 1 fully saturated rings. The second kappa shape index (κ2) is 10.5. The van der Waals surface area contributed by atoms with Gasteiger partial charge >= 0.3 is 0 Å². The summed E-state index contributed by atoms with van der Waals surface area (Å²) in [5, 5.41) is 2.80. The van der Waals surface area contributed by atoms with Crippen LogP contribution in [-0.2, 0) is 14.8 Å². The molecule has 0 aliphatic carbocycles. The third kappa shape index (κ3) is 5.63. The van der Waals surface area contributed by atoms with Gasteiger partial charge in [0, 0.05) is 20.6 Å². The molecule has 1 heterocycles. The number of carbonyl (C=O) groups is 2. The van der Waals surface area contributed by atoms with Crippen LogP contribution in [0.4, 0.5) is 4.39 Å². The number of ether oxygens (including phenoxy) is 1. The van der Waals surface area contributed by atoms with E-state index in [1.807, 2.05) is 0 Å². The summed E-state index contributed by atoms with van der Waals surface area (Å²) in [6.07, 6.45) is 1.07. The molecule has 0 aromatic heterocycles. The minimum Gasteiger partial charge on any atom is -0.489 e. The Bertz CT molecular complexity index is 1140. The Kier molecular flexibility index (Phi) is 7.93. The van der Waals surface area contributed by atoms with Gasteiger partial charge in [0.1, 0.15) is 12.6 Å². The van der Waals surface area contributed by atoms with Crippen LogP contribution in [0.3, 0.4) is 0 Å². The first-order valence-corrected chi connectivity index (χ1v) is 12.1. The Hall–Kier alpha value is -2.69. The maximum Gasteiger partial charge on any atom is 0.256 e. The molecule has 2 amide bonds. The molecule has 1 unspecified atom stereocenters. The van der Waals surface area contributed by atoms with E-state index in [1.165, 1.54) is 49.3 Å². The zero-order valence-corrected chi connectivity index (χ0v) is 19.8. The average molecular weight is 498 g/mol. The number of rotatable bonds is 8. The minimum absolute atomic E-state index is 0.0159. The van der Waals surface area contributed by atoms with Crippen LogP contribution in [0.25, 0.3) is 0 Å². The van der Waals surface area contributed by atoms with Gasteiger partial charge in [0.2, 0.25) is 15.9 Å². The van der Waals surface area contributed by atoms with E-state index in [9.17, 15) is 22.4 Å². The van der Waals surface area contributed by atoms with Crippen LogP contribution in [0.5, 0.6) is 5.75 Å². The number of amides is 2. The fraction of sp³-hybridized carbons (Fsp3) is 0.364. The first-order chi connectivity index (χ1) is 15.6. The molecule has 8 nitrogen and oxygen atoms in total. The van der Waals surface area contributed by atoms with Crippen LogP contribution in [0.1, 0.15) is 23.2 Å². The van der Waals surface area contributed by atoms with E-state index in [4.69, 9.17) is 16.3 Å². The summed E-state index contributed by atoms with van der Waals surface area (Å²) in [7, 11) is -0.978. The third-order valence-electron chi connectivity index (χ3n) is 5.26. The molecule has 1 N–H and O–H groups in total. The van der Waals surface area contributed by atoms with Crippen LogP contribution in [0.15, 0.2) is 47.4 Å². The Balaban J connectivity index is 1.66. The van der Waals surface area contributed by atoms with Crippen molar-refractivity contribution in [1.82, 2.24) is 14.5 Å². The Labute approximate surface area is 197 Å². The molecule has 11 heteroatoms. The van der Waals surface area contributed by atoms with Crippen molar-refractivity contribution in [3.8, 4) is 5.75 Å². The van der Waals surface area contributed by atoms with Gasteiger partial charge in [0.15, 0.2) is 11.6 Å². The standard InChI is InChI=1S/C22H25ClFN3O5S/c1-26(2)33(30,31)15-9-10-17(23)16(14-15)22(29)27-12-5-7-19(27)21(28)25-11-13-32-20-8-4-3-6-18(20)24/h3-4,6,8-10,14,19H,5,7,11-13H2,1-2H3,(H,25,28).